The molecule has 0 saturated heterocycles. The smallest absolute Gasteiger partial charge is 0.0127 e. The van der Waals surface area contributed by atoms with Gasteiger partial charge >= 0.3 is 0 Å². The number of hydrogen-bond acceptors (Lipinski definition) is 0. The van der Waals surface area contributed by atoms with E-state index in [0.717, 1.165) is 18.8 Å². The lowest BCUT2D eigenvalue weighted by atomic mass is 10.00. The maximum absolute atomic E-state index is 3.77. The highest BCUT2D eigenvalue weighted by Crippen LogP contribution is 2.38. The first-order chi connectivity index (χ1) is 11.8. The molecule has 2 aromatic rings. The van der Waals surface area contributed by atoms with Gasteiger partial charge in [0.25, 0.3) is 0 Å². The Kier molecular flexibility index (Phi) is 6.10. The zero-order valence-electron chi connectivity index (χ0n) is 14.8. The molecule has 0 nitrogen and oxygen atoms in total. The molecular formula is C24H28. The minimum atomic E-state index is 0.826. The summed E-state index contributed by atoms with van der Waals surface area (Å²) in [4.78, 5) is 0. The van der Waals surface area contributed by atoms with Gasteiger partial charge < -0.3 is 0 Å². The third-order valence-electron chi connectivity index (χ3n) is 4.83. The number of benzene rings is 2. The van der Waals surface area contributed by atoms with Gasteiger partial charge in [-0.25, -0.2) is 0 Å². The maximum atomic E-state index is 3.77. The second-order valence-electron chi connectivity index (χ2n) is 7.03. The first-order valence-electron chi connectivity index (χ1n) is 9.34. The van der Waals surface area contributed by atoms with E-state index in [-0.39, 0.29) is 0 Å². The Hall–Kier alpha value is -2.04. The predicted molar refractivity (Wildman–Crippen MR) is 103 cm³/mol. The summed E-state index contributed by atoms with van der Waals surface area (Å²) in [7, 11) is 0. The van der Waals surface area contributed by atoms with E-state index < -0.39 is 0 Å². The van der Waals surface area contributed by atoms with E-state index in [9.17, 15) is 0 Å². The summed E-state index contributed by atoms with van der Waals surface area (Å²) in [5, 5.41) is 0. The lowest BCUT2D eigenvalue weighted by Crippen LogP contribution is -1.91. The normalized spacial score (nSPS) is 13.4. The molecule has 2 aromatic carbocycles. The third-order valence-corrected chi connectivity index (χ3v) is 4.83. The molecule has 1 saturated carbocycles. The van der Waals surface area contributed by atoms with E-state index in [0.29, 0.717) is 0 Å². The summed E-state index contributed by atoms with van der Waals surface area (Å²) in [5.41, 5.74) is 9.65. The minimum absolute atomic E-state index is 0.826. The lowest BCUT2D eigenvalue weighted by Gasteiger charge is -2.05. The van der Waals surface area contributed by atoms with Crippen LogP contribution in [0.3, 0.4) is 0 Å². The van der Waals surface area contributed by atoms with Gasteiger partial charge in [0.05, 0.1) is 0 Å². The zero-order valence-corrected chi connectivity index (χ0v) is 14.8. The van der Waals surface area contributed by atoms with E-state index >= 15 is 0 Å². The van der Waals surface area contributed by atoms with Gasteiger partial charge in [0.2, 0.25) is 0 Å². The summed E-state index contributed by atoms with van der Waals surface area (Å²) >= 11 is 0. The van der Waals surface area contributed by atoms with Crippen LogP contribution in [-0.4, -0.2) is 0 Å². The highest BCUT2D eigenvalue weighted by Gasteiger charge is 2.25. The van der Waals surface area contributed by atoms with Crippen molar-refractivity contribution in [2.75, 3.05) is 0 Å². The Morgan fingerprint density at radius 2 is 1.42 bits per heavy atom. The summed E-state index contributed by atoms with van der Waals surface area (Å²) in [6, 6.07) is 21.6. The largest absolute Gasteiger partial charge is 0.123 e. The quantitative estimate of drug-likeness (QED) is 0.486. The summed E-state index contributed by atoms with van der Waals surface area (Å²) in [6.45, 7) is 2.25. The monoisotopic (exact) mass is 316 g/mol. The maximum Gasteiger partial charge on any atom is -0.0127 e. The van der Waals surface area contributed by atoms with Crippen LogP contribution in [0.25, 0.3) is 0 Å². The van der Waals surface area contributed by atoms with Crippen LogP contribution in [-0.2, 0) is 12.8 Å². The molecule has 24 heavy (non-hydrogen) atoms. The molecule has 0 heterocycles. The van der Waals surface area contributed by atoms with Gasteiger partial charge in [-0.1, -0.05) is 60.7 Å². The molecule has 0 heteroatoms. The Morgan fingerprint density at radius 1 is 0.833 bits per heavy atom. The Morgan fingerprint density at radius 3 is 2.00 bits per heavy atom. The number of hydrogen-bond donors (Lipinski definition) is 0. The van der Waals surface area contributed by atoms with Crippen LogP contribution >= 0.6 is 0 Å². The Balaban J connectivity index is 1.56. The van der Waals surface area contributed by atoms with Crippen LogP contribution in [0, 0.1) is 5.92 Å². The number of allylic oxidation sites excluding steroid dienone is 1. The van der Waals surface area contributed by atoms with Gasteiger partial charge in [-0.05, 0) is 80.1 Å². The van der Waals surface area contributed by atoms with Crippen molar-refractivity contribution in [3.63, 3.8) is 0 Å². The van der Waals surface area contributed by atoms with Crippen molar-refractivity contribution >= 4 is 0 Å². The molecule has 0 aliphatic heterocycles. The zero-order chi connectivity index (χ0) is 16.6. The fourth-order valence-electron chi connectivity index (χ4n) is 3.24. The minimum Gasteiger partial charge on any atom is -0.123 e. The fraction of sp³-hybridized carbons (Fsp3) is 0.375. The molecule has 1 fully saturated rings. The highest BCUT2D eigenvalue weighted by molar-refractivity contribution is 5.20. The molecule has 1 aliphatic rings. The second-order valence-corrected chi connectivity index (χ2v) is 7.03. The number of aryl methyl sites for hydroxylation is 2. The first kappa shape index (κ1) is 16.8. The van der Waals surface area contributed by atoms with Crippen LogP contribution in [0.15, 0.2) is 77.5 Å². The summed E-state index contributed by atoms with van der Waals surface area (Å²) in [5.74, 6) is 0.826. The van der Waals surface area contributed by atoms with Gasteiger partial charge in [0.15, 0.2) is 0 Å². The SMILES string of the molecule is CC(=C=C(CCCc1ccccc1)C1CC1)CCc1ccccc1. The average molecular weight is 316 g/mol. The van der Waals surface area contributed by atoms with Gasteiger partial charge in [-0.3, -0.25) is 0 Å². The molecule has 0 amide bonds. The van der Waals surface area contributed by atoms with Crippen molar-refractivity contribution in [3.8, 4) is 0 Å². The van der Waals surface area contributed by atoms with E-state index in [4.69, 9.17) is 0 Å². The highest BCUT2D eigenvalue weighted by atomic mass is 14.3. The molecule has 0 spiro atoms. The van der Waals surface area contributed by atoms with E-state index in [1.165, 1.54) is 48.8 Å². The van der Waals surface area contributed by atoms with E-state index in [1.54, 1.807) is 5.57 Å². The molecule has 0 radical (unpaired) electrons. The Labute approximate surface area is 146 Å². The average Bonchev–Trinajstić information content (AvgIpc) is 3.46. The third kappa shape index (κ3) is 5.55. The molecular weight excluding hydrogens is 288 g/mol. The van der Waals surface area contributed by atoms with E-state index in [2.05, 4.69) is 73.3 Å². The molecule has 0 bridgehead atoms. The number of rotatable bonds is 8. The predicted octanol–water partition coefficient (Wildman–Crippen LogP) is 6.52. The van der Waals surface area contributed by atoms with Crippen molar-refractivity contribution in [3.05, 3.63) is 88.7 Å². The molecule has 0 atom stereocenters. The Bertz CT molecular complexity index is 683. The topological polar surface area (TPSA) is 0 Å². The van der Waals surface area contributed by atoms with Crippen molar-refractivity contribution in [1.29, 1.82) is 0 Å². The van der Waals surface area contributed by atoms with Crippen LogP contribution in [0.4, 0.5) is 0 Å². The van der Waals surface area contributed by atoms with Gasteiger partial charge in [-0.2, -0.15) is 0 Å². The molecule has 3 rings (SSSR count). The van der Waals surface area contributed by atoms with Gasteiger partial charge in [0.1, 0.15) is 0 Å². The van der Waals surface area contributed by atoms with Crippen LogP contribution < -0.4 is 0 Å². The summed E-state index contributed by atoms with van der Waals surface area (Å²) in [6.07, 6.45) is 8.64. The standard InChI is InChI=1S/C24H28/c1-20(15-16-22-11-6-3-7-12-22)19-24(23-17-18-23)14-8-13-21-9-4-2-5-10-21/h2-7,9-12,23H,8,13-18H2,1H3. The van der Waals surface area contributed by atoms with Crippen LogP contribution in [0.5, 0.6) is 0 Å². The van der Waals surface area contributed by atoms with Crippen molar-refractivity contribution in [2.24, 2.45) is 5.92 Å². The lowest BCUT2D eigenvalue weighted by molar-refractivity contribution is 0.765. The molecule has 0 aromatic heterocycles. The van der Waals surface area contributed by atoms with Crippen molar-refractivity contribution in [2.45, 2.75) is 51.9 Å². The van der Waals surface area contributed by atoms with E-state index in [1.807, 2.05) is 0 Å². The first-order valence-corrected chi connectivity index (χ1v) is 9.34. The van der Waals surface area contributed by atoms with Crippen LogP contribution in [0.2, 0.25) is 0 Å². The molecule has 124 valence electrons. The van der Waals surface area contributed by atoms with Crippen molar-refractivity contribution < 1.29 is 0 Å². The van der Waals surface area contributed by atoms with Gasteiger partial charge in [0, 0.05) is 0 Å². The molecule has 1 aliphatic carbocycles. The summed E-state index contributed by atoms with van der Waals surface area (Å²) < 4.78 is 0. The van der Waals surface area contributed by atoms with Crippen molar-refractivity contribution in [1.82, 2.24) is 0 Å². The van der Waals surface area contributed by atoms with Gasteiger partial charge in [-0.15, -0.1) is 5.73 Å². The fourth-order valence-corrected chi connectivity index (χ4v) is 3.24. The van der Waals surface area contributed by atoms with Crippen LogP contribution in [0.1, 0.15) is 50.2 Å². The molecule has 0 N–H and O–H groups in total. The molecule has 0 unspecified atom stereocenters. The second kappa shape index (κ2) is 8.71.